The molecule has 1 aromatic carbocycles. The second-order valence-corrected chi connectivity index (χ2v) is 6.78. The van der Waals surface area contributed by atoms with Crippen molar-refractivity contribution in [3.05, 3.63) is 44.1 Å². The van der Waals surface area contributed by atoms with E-state index < -0.39 is 0 Å². The van der Waals surface area contributed by atoms with E-state index >= 15 is 0 Å². The number of thiophene rings is 1. The summed E-state index contributed by atoms with van der Waals surface area (Å²) in [6.45, 7) is 5.15. The summed E-state index contributed by atoms with van der Waals surface area (Å²) in [5.74, 6) is 1.65. The third-order valence-corrected chi connectivity index (χ3v) is 5.04. The van der Waals surface area contributed by atoms with Crippen molar-refractivity contribution in [3.63, 3.8) is 0 Å². The number of benzene rings is 1. The van der Waals surface area contributed by atoms with Crippen molar-refractivity contribution >= 4 is 27.3 Å². The summed E-state index contributed by atoms with van der Waals surface area (Å²) in [4.78, 5) is 1.43. The Morgan fingerprint density at radius 2 is 2.10 bits per heavy atom. The summed E-state index contributed by atoms with van der Waals surface area (Å²) in [5, 5.41) is 5.67. The molecule has 2 heterocycles. The molecule has 0 saturated carbocycles. The first-order valence-electron chi connectivity index (χ1n) is 7.12. The van der Waals surface area contributed by atoms with Crippen molar-refractivity contribution < 1.29 is 9.47 Å². The van der Waals surface area contributed by atoms with Crippen LogP contribution in [0, 0.1) is 0 Å². The molecule has 3 rings (SSSR count). The van der Waals surface area contributed by atoms with Crippen LogP contribution in [-0.2, 0) is 19.5 Å². The van der Waals surface area contributed by atoms with Gasteiger partial charge in [-0.05, 0) is 57.1 Å². The predicted octanol–water partition coefficient (Wildman–Crippen LogP) is 4.13. The molecular weight excluding hydrogens is 350 g/mol. The van der Waals surface area contributed by atoms with Gasteiger partial charge in [-0.2, -0.15) is 0 Å². The zero-order chi connectivity index (χ0) is 14.7. The van der Waals surface area contributed by atoms with Gasteiger partial charge in [-0.15, -0.1) is 11.3 Å². The second-order valence-electron chi connectivity index (χ2n) is 4.93. The molecule has 5 heteroatoms. The van der Waals surface area contributed by atoms with Crippen molar-refractivity contribution in [2.75, 3.05) is 13.2 Å². The molecule has 0 bridgehead atoms. The fourth-order valence-corrected chi connectivity index (χ4v) is 3.97. The van der Waals surface area contributed by atoms with E-state index in [2.05, 4.69) is 51.7 Å². The number of rotatable bonds is 5. The maximum Gasteiger partial charge on any atom is 0.175 e. The van der Waals surface area contributed by atoms with Crippen LogP contribution in [0.5, 0.6) is 11.5 Å². The van der Waals surface area contributed by atoms with Crippen LogP contribution in [0.3, 0.4) is 0 Å². The Bertz CT molecular complexity index is 627. The van der Waals surface area contributed by atoms with Gasteiger partial charge in [0, 0.05) is 18.0 Å². The SMILES string of the molecule is CCc1ccsc1CNCc1cc(Br)c2c(c1)OCCO2. The van der Waals surface area contributed by atoms with Crippen LogP contribution in [-0.4, -0.2) is 13.2 Å². The van der Waals surface area contributed by atoms with Crippen LogP contribution in [0.1, 0.15) is 22.9 Å². The lowest BCUT2D eigenvalue weighted by atomic mass is 10.2. The van der Waals surface area contributed by atoms with Gasteiger partial charge in [0.1, 0.15) is 13.2 Å². The summed E-state index contributed by atoms with van der Waals surface area (Å²) < 4.78 is 12.2. The smallest absolute Gasteiger partial charge is 0.175 e. The van der Waals surface area contributed by atoms with Crippen LogP contribution < -0.4 is 14.8 Å². The van der Waals surface area contributed by atoms with Gasteiger partial charge in [0.05, 0.1) is 4.47 Å². The Kier molecular flexibility index (Phi) is 4.83. The lowest BCUT2D eigenvalue weighted by Gasteiger charge is -2.20. The monoisotopic (exact) mass is 367 g/mol. The molecular formula is C16H18BrNO2S. The largest absolute Gasteiger partial charge is 0.486 e. The molecule has 0 unspecified atom stereocenters. The van der Waals surface area contributed by atoms with E-state index in [4.69, 9.17) is 9.47 Å². The van der Waals surface area contributed by atoms with Crippen molar-refractivity contribution in [2.24, 2.45) is 0 Å². The normalized spacial score (nSPS) is 13.4. The number of halogens is 1. The number of fused-ring (bicyclic) bond motifs is 1. The topological polar surface area (TPSA) is 30.5 Å². The number of ether oxygens (including phenoxy) is 2. The molecule has 1 aliphatic heterocycles. The van der Waals surface area contributed by atoms with E-state index in [1.165, 1.54) is 16.0 Å². The van der Waals surface area contributed by atoms with E-state index in [1.807, 2.05) is 11.3 Å². The van der Waals surface area contributed by atoms with Crippen molar-refractivity contribution in [1.29, 1.82) is 0 Å². The average molecular weight is 368 g/mol. The molecule has 112 valence electrons. The number of nitrogens with one attached hydrogen (secondary N) is 1. The second kappa shape index (κ2) is 6.81. The van der Waals surface area contributed by atoms with E-state index in [0.717, 1.165) is 35.5 Å². The van der Waals surface area contributed by atoms with Gasteiger partial charge >= 0.3 is 0 Å². The van der Waals surface area contributed by atoms with Crippen molar-refractivity contribution in [1.82, 2.24) is 5.32 Å². The highest BCUT2D eigenvalue weighted by Crippen LogP contribution is 2.38. The first-order chi connectivity index (χ1) is 10.3. The Hall–Kier alpha value is -1.04. The lowest BCUT2D eigenvalue weighted by molar-refractivity contribution is 0.170. The lowest BCUT2D eigenvalue weighted by Crippen LogP contribution is -2.17. The summed E-state index contributed by atoms with van der Waals surface area (Å²) >= 11 is 5.37. The molecule has 0 atom stereocenters. The summed E-state index contributed by atoms with van der Waals surface area (Å²) in [6, 6.07) is 6.36. The molecule has 0 radical (unpaired) electrons. The molecule has 1 aromatic heterocycles. The van der Waals surface area contributed by atoms with Crippen LogP contribution >= 0.6 is 27.3 Å². The highest BCUT2D eigenvalue weighted by atomic mass is 79.9. The third-order valence-electron chi connectivity index (χ3n) is 3.49. The molecule has 0 fully saturated rings. The van der Waals surface area contributed by atoms with Crippen LogP contribution in [0.2, 0.25) is 0 Å². The molecule has 1 N–H and O–H groups in total. The van der Waals surface area contributed by atoms with Crippen LogP contribution in [0.4, 0.5) is 0 Å². The highest BCUT2D eigenvalue weighted by molar-refractivity contribution is 9.10. The van der Waals surface area contributed by atoms with E-state index in [9.17, 15) is 0 Å². The predicted molar refractivity (Wildman–Crippen MR) is 89.4 cm³/mol. The fraction of sp³-hybridized carbons (Fsp3) is 0.375. The molecule has 0 spiro atoms. The van der Waals surface area contributed by atoms with Gasteiger partial charge in [-0.3, -0.25) is 0 Å². The van der Waals surface area contributed by atoms with Gasteiger partial charge in [0.15, 0.2) is 11.5 Å². The van der Waals surface area contributed by atoms with Gasteiger partial charge in [0.2, 0.25) is 0 Å². The highest BCUT2D eigenvalue weighted by Gasteiger charge is 2.16. The van der Waals surface area contributed by atoms with Gasteiger partial charge in [-0.25, -0.2) is 0 Å². The van der Waals surface area contributed by atoms with E-state index in [1.54, 1.807) is 0 Å². The third kappa shape index (κ3) is 3.42. The Morgan fingerprint density at radius 3 is 2.95 bits per heavy atom. The Labute approximate surface area is 137 Å². The molecule has 0 aliphatic carbocycles. The minimum atomic E-state index is 0.612. The molecule has 3 nitrogen and oxygen atoms in total. The number of aryl methyl sites for hydroxylation is 1. The number of hydrogen-bond donors (Lipinski definition) is 1. The maximum absolute atomic E-state index is 5.65. The summed E-state index contributed by atoms with van der Waals surface area (Å²) in [6.07, 6.45) is 1.09. The first kappa shape index (κ1) is 14.9. The Morgan fingerprint density at radius 1 is 1.24 bits per heavy atom. The standard InChI is InChI=1S/C16H18BrNO2S/c1-2-12-3-6-21-15(12)10-18-9-11-7-13(17)16-14(8-11)19-4-5-20-16/h3,6-8,18H,2,4-5,9-10H2,1H3. The zero-order valence-electron chi connectivity index (χ0n) is 11.9. The molecule has 1 aliphatic rings. The quantitative estimate of drug-likeness (QED) is 0.861. The van der Waals surface area contributed by atoms with E-state index in [-0.39, 0.29) is 0 Å². The van der Waals surface area contributed by atoms with Crippen LogP contribution in [0.25, 0.3) is 0 Å². The van der Waals surface area contributed by atoms with Gasteiger partial charge in [0.25, 0.3) is 0 Å². The summed E-state index contributed by atoms with van der Waals surface area (Å²) in [5.41, 5.74) is 2.64. The molecule has 0 amide bonds. The fourth-order valence-electron chi connectivity index (χ4n) is 2.42. The summed E-state index contributed by atoms with van der Waals surface area (Å²) in [7, 11) is 0. The van der Waals surface area contributed by atoms with Gasteiger partial charge in [-0.1, -0.05) is 6.92 Å². The average Bonchev–Trinajstić information content (AvgIpc) is 2.95. The van der Waals surface area contributed by atoms with Crippen molar-refractivity contribution in [3.8, 4) is 11.5 Å². The minimum absolute atomic E-state index is 0.612. The van der Waals surface area contributed by atoms with Gasteiger partial charge < -0.3 is 14.8 Å². The van der Waals surface area contributed by atoms with E-state index in [0.29, 0.717) is 13.2 Å². The zero-order valence-corrected chi connectivity index (χ0v) is 14.4. The number of hydrogen-bond acceptors (Lipinski definition) is 4. The Balaban J connectivity index is 1.64. The maximum atomic E-state index is 5.65. The van der Waals surface area contributed by atoms with Crippen molar-refractivity contribution in [2.45, 2.75) is 26.4 Å². The minimum Gasteiger partial charge on any atom is -0.486 e. The molecule has 0 saturated heterocycles. The molecule has 21 heavy (non-hydrogen) atoms. The molecule has 2 aromatic rings. The van der Waals surface area contributed by atoms with Crippen LogP contribution in [0.15, 0.2) is 28.1 Å². The first-order valence-corrected chi connectivity index (χ1v) is 8.79.